The molecule has 0 aliphatic heterocycles. The summed E-state index contributed by atoms with van der Waals surface area (Å²) in [6, 6.07) is 21.6. The predicted molar refractivity (Wildman–Crippen MR) is 75.5 cm³/mol. The van der Waals surface area contributed by atoms with E-state index in [1.54, 1.807) is 8.32 Å². The van der Waals surface area contributed by atoms with E-state index >= 15 is 0 Å². The minimum atomic E-state index is -0.676. The molecule has 2 rings (SSSR count). The summed E-state index contributed by atoms with van der Waals surface area (Å²) in [5, 5.41) is 0. The van der Waals surface area contributed by atoms with Crippen LogP contribution in [0.3, 0.4) is 0 Å². The third kappa shape index (κ3) is 7.51. The van der Waals surface area contributed by atoms with Gasteiger partial charge >= 0.3 is 86.1 Å². The van der Waals surface area contributed by atoms with Gasteiger partial charge in [0.15, 0.2) is 0 Å². The first-order valence-corrected chi connectivity index (χ1v) is 12.7. The average molecular weight is 292 g/mol. The van der Waals surface area contributed by atoms with Crippen LogP contribution in [0.2, 0.25) is 17.4 Å². The number of benzene rings is 2. The molecule has 2 aromatic rings. The molecule has 0 spiro atoms. The summed E-state index contributed by atoms with van der Waals surface area (Å²) in [6.07, 6.45) is 0. The summed E-state index contributed by atoms with van der Waals surface area (Å²) < 4.78 is 3.11. The Balaban J connectivity index is 0.000000317. The van der Waals surface area contributed by atoms with Gasteiger partial charge in [-0.1, -0.05) is 0 Å². The Bertz CT molecular complexity index is 358. The average Bonchev–Trinajstić information content (AvgIpc) is 2.31. The van der Waals surface area contributed by atoms with Gasteiger partial charge in [-0.05, 0) is 0 Å². The molecule has 0 heterocycles. The first-order valence-electron chi connectivity index (χ1n) is 6.26. The molecule has 0 aliphatic rings. The van der Waals surface area contributed by atoms with E-state index in [0.717, 1.165) is 0 Å². The summed E-state index contributed by atoms with van der Waals surface area (Å²) >= 11 is -0.815. The van der Waals surface area contributed by atoms with E-state index in [1.807, 2.05) is 0 Å². The number of rotatable bonds is 2. The van der Waals surface area contributed by atoms with Crippen molar-refractivity contribution in [3.05, 3.63) is 60.7 Å². The van der Waals surface area contributed by atoms with Crippen molar-refractivity contribution in [2.45, 2.75) is 17.4 Å². The minimum absolute atomic E-state index is 0.139. The molecule has 0 saturated carbocycles. The maximum absolute atomic E-state index is 2.31. The monoisotopic (exact) mass is 290 g/mol. The van der Waals surface area contributed by atoms with Crippen LogP contribution >= 0.6 is 0 Å². The van der Waals surface area contributed by atoms with Crippen molar-refractivity contribution in [1.29, 1.82) is 0 Å². The summed E-state index contributed by atoms with van der Waals surface area (Å²) in [6.45, 7) is 0. The second-order valence-corrected chi connectivity index (χ2v) is 12.5. The van der Waals surface area contributed by atoms with Gasteiger partial charge in [0.05, 0.1) is 0 Å². The normalized spacial score (nSPS) is 8.65. The molecule has 0 nitrogen and oxygen atoms in total. The van der Waals surface area contributed by atoms with Crippen LogP contribution in [0.15, 0.2) is 60.7 Å². The quantitative estimate of drug-likeness (QED) is 0.746. The molecule has 0 aromatic heterocycles. The van der Waals surface area contributed by atoms with Crippen LogP contribution < -0.4 is 8.32 Å². The summed E-state index contributed by atoms with van der Waals surface area (Å²) in [7, 11) is 0. The SMILES string of the molecule is [CH3][Al]([CH3])[CH3].c1cc[c]([Zn][c]2ccccc2)cc1. The van der Waals surface area contributed by atoms with Gasteiger partial charge in [-0.3, -0.25) is 0 Å². The molecule has 17 heavy (non-hydrogen) atoms. The van der Waals surface area contributed by atoms with Crippen molar-refractivity contribution in [2.24, 2.45) is 0 Å². The van der Waals surface area contributed by atoms with Gasteiger partial charge in [0, 0.05) is 0 Å². The zero-order valence-electron chi connectivity index (χ0n) is 11.1. The van der Waals surface area contributed by atoms with Crippen LogP contribution in [-0.2, 0) is 17.1 Å². The molecule has 2 heteroatoms. The maximum atomic E-state index is 2.31. The Morgan fingerprint density at radius 1 is 0.647 bits per heavy atom. The number of hydrogen-bond acceptors (Lipinski definition) is 0. The van der Waals surface area contributed by atoms with Gasteiger partial charge in [0.1, 0.15) is 0 Å². The molecule has 2 aromatic carbocycles. The van der Waals surface area contributed by atoms with Gasteiger partial charge < -0.3 is 0 Å². The third-order valence-electron chi connectivity index (χ3n) is 2.09. The van der Waals surface area contributed by atoms with Crippen molar-refractivity contribution in [3.8, 4) is 0 Å². The standard InChI is InChI=1S/2C6H5.3CH3.Al.Zn/c2*1-2-4-6-5-3-1;;;;;/h2*1-5H;3*1H3;;. The number of hydrogen-bond donors (Lipinski definition) is 0. The fourth-order valence-electron chi connectivity index (χ4n) is 1.43. The van der Waals surface area contributed by atoms with E-state index in [4.69, 9.17) is 0 Å². The fraction of sp³-hybridized carbons (Fsp3) is 0.200. The van der Waals surface area contributed by atoms with Gasteiger partial charge in [-0.15, -0.1) is 17.4 Å². The van der Waals surface area contributed by atoms with Crippen molar-refractivity contribution in [3.63, 3.8) is 0 Å². The van der Waals surface area contributed by atoms with Crippen LogP contribution in [0, 0.1) is 0 Å². The molecular weight excluding hydrogens is 273 g/mol. The van der Waals surface area contributed by atoms with E-state index in [2.05, 4.69) is 78.0 Å². The Hall–Kier alpha value is -0.404. The Morgan fingerprint density at radius 3 is 1.24 bits per heavy atom. The molecule has 0 bridgehead atoms. The molecule has 0 amide bonds. The van der Waals surface area contributed by atoms with Crippen LogP contribution in [0.4, 0.5) is 0 Å². The molecule has 0 radical (unpaired) electrons. The molecule has 0 saturated heterocycles. The molecule has 0 atom stereocenters. The van der Waals surface area contributed by atoms with E-state index in [1.165, 1.54) is 0 Å². The van der Waals surface area contributed by atoms with Crippen LogP contribution in [0.1, 0.15) is 0 Å². The first kappa shape index (κ1) is 14.7. The Kier molecular flexibility index (Phi) is 7.46. The molecule has 0 fully saturated rings. The van der Waals surface area contributed by atoms with Crippen molar-refractivity contribution >= 4 is 22.5 Å². The van der Waals surface area contributed by atoms with Crippen molar-refractivity contribution in [1.82, 2.24) is 0 Å². The second kappa shape index (κ2) is 8.65. The van der Waals surface area contributed by atoms with E-state index in [-0.39, 0.29) is 14.1 Å². The second-order valence-electron chi connectivity index (χ2n) is 4.88. The van der Waals surface area contributed by atoms with Crippen LogP contribution in [0.25, 0.3) is 0 Å². The molecular formula is C15H19AlZn. The first-order chi connectivity index (χ1) is 8.18. The Labute approximate surface area is 117 Å². The molecule has 0 N–H and O–H groups in total. The van der Waals surface area contributed by atoms with Crippen LogP contribution in [-0.4, -0.2) is 14.1 Å². The van der Waals surface area contributed by atoms with Crippen molar-refractivity contribution < 1.29 is 17.1 Å². The van der Waals surface area contributed by atoms with Gasteiger partial charge in [0.2, 0.25) is 0 Å². The van der Waals surface area contributed by atoms with Crippen molar-refractivity contribution in [2.75, 3.05) is 0 Å². The van der Waals surface area contributed by atoms with Crippen LogP contribution in [0.5, 0.6) is 0 Å². The van der Waals surface area contributed by atoms with E-state index in [9.17, 15) is 0 Å². The van der Waals surface area contributed by atoms with E-state index < -0.39 is 17.1 Å². The summed E-state index contributed by atoms with van der Waals surface area (Å²) in [5.74, 6) is 6.92. The summed E-state index contributed by atoms with van der Waals surface area (Å²) in [4.78, 5) is 0. The summed E-state index contributed by atoms with van der Waals surface area (Å²) in [5.41, 5.74) is 0. The van der Waals surface area contributed by atoms with Gasteiger partial charge in [-0.25, -0.2) is 0 Å². The molecule has 0 aliphatic carbocycles. The predicted octanol–water partition coefficient (Wildman–Crippen LogP) is 3.09. The fourth-order valence-corrected chi connectivity index (χ4v) is 4.55. The van der Waals surface area contributed by atoms with Gasteiger partial charge in [0.25, 0.3) is 14.1 Å². The third-order valence-corrected chi connectivity index (χ3v) is 5.79. The molecule has 0 unspecified atom stereocenters. The Morgan fingerprint density at radius 2 is 0.941 bits per heavy atom. The zero-order chi connectivity index (χ0) is 12.5. The van der Waals surface area contributed by atoms with Gasteiger partial charge in [-0.2, -0.15) is 0 Å². The zero-order valence-corrected chi connectivity index (χ0v) is 15.2. The topological polar surface area (TPSA) is 0 Å². The van der Waals surface area contributed by atoms with E-state index in [0.29, 0.717) is 0 Å². The molecule has 84 valence electrons.